The zero-order valence-corrected chi connectivity index (χ0v) is 17.0. The van der Waals surface area contributed by atoms with Crippen LogP contribution in [-0.2, 0) is 14.3 Å². The Hall–Kier alpha value is -1.96. The van der Waals surface area contributed by atoms with E-state index in [9.17, 15) is 9.59 Å². The Bertz CT molecular complexity index is 703. The number of hydrazine groups is 1. The molecule has 3 atom stereocenters. The van der Waals surface area contributed by atoms with Gasteiger partial charge in [-0.15, -0.1) is 0 Å². The maximum absolute atomic E-state index is 12.3. The van der Waals surface area contributed by atoms with E-state index in [-0.39, 0.29) is 23.8 Å². The first-order valence-electron chi connectivity index (χ1n) is 11.0. The Kier molecular flexibility index (Phi) is 6.79. The molecule has 1 saturated carbocycles. The lowest BCUT2D eigenvalue weighted by molar-refractivity contribution is -0.133. The number of carbonyl (C=O) groups is 2. The van der Waals surface area contributed by atoms with E-state index in [0.717, 1.165) is 69.8 Å². The first kappa shape index (κ1) is 20.3. The number of fused-ring (bicyclic) bond motifs is 1. The lowest BCUT2D eigenvalue weighted by Gasteiger charge is -2.41. The molecule has 0 bridgehead atoms. The Labute approximate surface area is 172 Å². The fourth-order valence-electron chi connectivity index (χ4n) is 4.85. The molecule has 3 fully saturated rings. The largest absolute Gasteiger partial charge is 0.379 e. The number of anilines is 1. The van der Waals surface area contributed by atoms with Gasteiger partial charge in [-0.05, 0) is 49.4 Å². The number of nitrogens with one attached hydrogen (secondary N) is 3. The normalized spacial score (nSPS) is 27.7. The topological polar surface area (TPSA) is 82.7 Å². The summed E-state index contributed by atoms with van der Waals surface area (Å²) in [6.07, 6.45) is 5.77. The van der Waals surface area contributed by atoms with Crippen molar-refractivity contribution < 1.29 is 14.3 Å². The van der Waals surface area contributed by atoms with Crippen molar-refractivity contribution in [2.45, 2.75) is 44.6 Å². The minimum atomic E-state index is 0.0569. The van der Waals surface area contributed by atoms with E-state index in [1.807, 2.05) is 12.1 Å². The molecule has 3 N–H and O–H groups in total. The standard InChI is InChI=1S/C22H32N4O3/c27-20(6-3-11-26-12-14-29-15-13-26)23-17-9-7-16(8-10-17)21-18-4-1-2-5-19(18)22(28)25-24-21/h7-10,18-19,21,24H,1-6,11-15H2,(H,23,27)(H,25,28). The Morgan fingerprint density at radius 2 is 1.90 bits per heavy atom. The van der Waals surface area contributed by atoms with Crippen LogP contribution in [0, 0.1) is 11.8 Å². The number of rotatable bonds is 6. The van der Waals surface area contributed by atoms with Crippen LogP contribution in [-0.4, -0.2) is 49.6 Å². The van der Waals surface area contributed by atoms with Crippen molar-refractivity contribution in [1.29, 1.82) is 0 Å². The second-order valence-corrected chi connectivity index (χ2v) is 8.39. The van der Waals surface area contributed by atoms with E-state index in [2.05, 4.69) is 33.2 Å². The van der Waals surface area contributed by atoms with E-state index in [1.54, 1.807) is 0 Å². The van der Waals surface area contributed by atoms with Crippen LogP contribution in [0.1, 0.15) is 50.1 Å². The molecule has 0 spiro atoms. The summed E-state index contributed by atoms with van der Waals surface area (Å²) in [7, 11) is 0. The molecule has 7 heteroatoms. The van der Waals surface area contributed by atoms with Gasteiger partial charge in [0.05, 0.1) is 19.3 Å². The first-order chi connectivity index (χ1) is 14.2. The molecule has 2 heterocycles. The summed E-state index contributed by atoms with van der Waals surface area (Å²) < 4.78 is 5.35. The molecule has 1 aromatic carbocycles. The minimum absolute atomic E-state index is 0.0569. The smallest absolute Gasteiger partial charge is 0.237 e. The van der Waals surface area contributed by atoms with Gasteiger partial charge >= 0.3 is 0 Å². The van der Waals surface area contributed by atoms with E-state index < -0.39 is 0 Å². The van der Waals surface area contributed by atoms with Crippen LogP contribution < -0.4 is 16.2 Å². The molecule has 1 aromatic rings. The lowest BCUT2D eigenvalue weighted by atomic mass is 9.72. The zero-order valence-electron chi connectivity index (χ0n) is 17.0. The van der Waals surface area contributed by atoms with Crippen molar-refractivity contribution in [2.75, 3.05) is 38.2 Å². The van der Waals surface area contributed by atoms with Crippen molar-refractivity contribution in [3.05, 3.63) is 29.8 Å². The predicted molar refractivity (Wildman–Crippen MR) is 111 cm³/mol. The predicted octanol–water partition coefficient (Wildman–Crippen LogP) is 2.22. The third-order valence-corrected chi connectivity index (χ3v) is 6.47. The van der Waals surface area contributed by atoms with Crippen molar-refractivity contribution in [2.24, 2.45) is 11.8 Å². The van der Waals surface area contributed by atoms with Crippen LogP contribution in [0.25, 0.3) is 0 Å². The van der Waals surface area contributed by atoms with Crippen molar-refractivity contribution >= 4 is 17.5 Å². The van der Waals surface area contributed by atoms with E-state index >= 15 is 0 Å². The number of ether oxygens (including phenoxy) is 1. The third kappa shape index (κ3) is 5.15. The molecule has 0 aromatic heterocycles. The highest BCUT2D eigenvalue weighted by Crippen LogP contribution is 2.40. The summed E-state index contributed by atoms with van der Waals surface area (Å²) in [5, 5.41) is 3.00. The maximum atomic E-state index is 12.3. The van der Waals surface area contributed by atoms with Crippen molar-refractivity contribution in [3.8, 4) is 0 Å². The van der Waals surface area contributed by atoms with Crippen LogP contribution >= 0.6 is 0 Å². The van der Waals surface area contributed by atoms with Gasteiger partial charge in [0.15, 0.2) is 0 Å². The quantitative estimate of drug-likeness (QED) is 0.682. The van der Waals surface area contributed by atoms with Crippen LogP contribution in [0.2, 0.25) is 0 Å². The second-order valence-electron chi connectivity index (χ2n) is 8.39. The third-order valence-electron chi connectivity index (χ3n) is 6.47. The lowest BCUT2D eigenvalue weighted by Crippen LogP contribution is -2.55. The van der Waals surface area contributed by atoms with Gasteiger partial charge < -0.3 is 10.1 Å². The van der Waals surface area contributed by atoms with Gasteiger partial charge in [-0.1, -0.05) is 25.0 Å². The maximum Gasteiger partial charge on any atom is 0.237 e. The Balaban J connectivity index is 1.27. The van der Waals surface area contributed by atoms with Gasteiger partial charge in [-0.2, -0.15) is 0 Å². The Morgan fingerprint density at radius 3 is 2.69 bits per heavy atom. The number of amides is 2. The van der Waals surface area contributed by atoms with Gasteiger partial charge in [-0.3, -0.25) is 19.9 Å². The number of nitrogens with zero attached hydrogens (tertiary/aromatic N) is 1. The number of benzene rings is 1. The summed E-state index contributed by atoms with van der Waals surface area (Å²) in [5.41, 5.74) is 8.04. The molecule has 1 aliphatic carbocycles. The summed E-state index contributed by atoms with van der Waals surface area (Å²) in [6, 6.07) is 8.18. The van der Waals surface area contributed by atoms with Gasteiger partial charge in [0.2, 0.25) is 11.8 Å². The van der Waals surface area contributed by atoms with Crippen LogP contribution in [0.5, 0.6) is 0 Å². The summed E-state index contributed by atoms with van der Waals surface area (Å²) >= 11 is 0. The monoisotopic (exact) mass is 400 g/mol. The van der Waals surface area contributed by atoms with Crippen LogP contribution in [0.15, 0.2) is 24.3 Å². The zero-order chi connectivity index (χ0) is 20.1. The molecule has 2 aliphatic heterocycles. The fourth-order valence-corrected chi connectivity index (χ4v) is 4.85. The highest BCUT2D eigenvalue weighted by atomic mass is 16.5. The van der Waals surface area contributed by atoms with E-state index in [4.69, 9.17) is 4.74 Å². The van der Waals surface area contributed by atoms with Crippen LogP contribution in [0.4, 0.5) is 5.69 Å². The summed E-state index contributed by atoms with van der Waals surface area (Å²) in [4.78, 5) is 26.7. The molecule has 7 nitrogen and oxygen atoms in total. The van der Waals surface area contributed by atoms with E-state index in [0.29, 0.717) is 12.3 Å². The average Bonchev–Trinajstić information content (AvgIpc) is 2.76. The summed E-state index contributed by atoms with van der Waals surface area (Å²) in [6.45, 7) is 4.44. The molecule has 158 valence electrons. The van der Waals surface area contributed by atoms with Gasteiger partial charge in [0, 0.05) is 31.1 Å². The molecular formula is C22H32N4O3. The molecule has 0 radical (unpaired) electrons. The highest BCUT2D eigenvalue weighted by Gasteiger charge is 2.40. The molecule has 4 rings (SSSR count). The molecular weight excluding hydrogens is 368 g/mol. The van der Waals surface area contributed by atoms with E-state index in [1.165, 1.54) is 6.42 Å². The molecule has 3 aliphatic rings. The van der Waals surface area contributed by atoms with Crippen molar-refractivity contribution in [1.82, 2.24) is 15.8 Å². The number of hydrogen-bond acceptors (Lipinski definition) is 5. The van der Waals surface area contributed by atoms with Gasteiger partial charge in [0.25, 0.3) is 0 Å². The Morgan fingerprint density at radius 1 is 1.14 bits per heavy atom. The van der Waals surface area contributed by atoms with Crippen molar-refractivity contribution in [3.63, 3.8) is 0 Å². The minimum Gasteiger partial charge on any atom is -0.379 e. The molecule has 3 unspecified atom stereocenters. The molecule has 29 heavy (non-hydrogen) atoms. The molecule has 2 amide bonds. The van der Waals surface area contributed by atoms with Gasteiger partial charge in [0.1, 0.15) is 0 Å². The number of carbonyl (C=O) groups excluding carboxylic acids is 2. The average molecular weight is 401 g/mol. The number of morpholine rings is 1. The molecule has 2 saturated heterocycles. The highest BCUT2D eigenvalue weighted by molar-refractivity contribution is 5.90. The first-order valence-corrected chi connectivity index (χ1v) is 11.0. The second kappa shape index (κ2) is 9.69. The van der Waals surface area contributed by atoms with Crippen LogP contribution in [0.3, 0.4) is 0 Å². The van der Waals surface area contributed by atoms with Gasteiger partial charge in [-0.25, -0.2) is 5.43 Å². The number of hydrogen-bond donors (Lipinski definition) is 3. The summed E-state index contributed by atoms with van der Waals surface area (Å²) in [5.74, 6) is 0.646. The SMILES string of the molecule is O=C(CCCN1CCOCC1)Nc1ccc(C2NNC(=O)C3CCCCC32)cc1. The fraction of sp³-hybridized carbons (Fsp3) is 0.636.